The van der Waals surface area contributed by atoms with E-state index in [2.05, 4.69) is 0 Å². The van der Waals surface area contributed by atoms with Crippen molar-refractivity contribution in [1.29, 1.82) is 0 Å². The topological polar surface area (TPSA) is 63.3 Å². The zero-order valence-corrected chi connectivity index (χ0v) is 8.89. The summed E-state index contributed by atoms with van der Waals surface area (Å²) in [7, 11) is 0. The Hall–Kier alpha value is -0.770. The van der Waals surface area contributed by atoms with Crippen LogP contribution in [0.5, 0.6) is 0 Å². The first-order valence-corrected chi connectivity index (χ1v) is 4.21. The molecule has 1 atom stereocenters. The number of carboxylic acids is 1. The van der Waals surface area contributed by atoms with E-state index in [9.17, 15) is 4.79 Å². The highest BCUT2D eigenvalue weighted by Gasteiger charge is 2.13. The zero-order chi connectivity index (χ0) is 9.84. The number of aliphatic carboxylic acids is 1. The molecule has 0 fully saturated rings. The summed E-state index contributed by atoms with van der Waals surface area (Å²) in [4.78, 5) is 10.4. The maximum absolute atomic E-state index is 10.4. The number of halogens is 2. The summed E-state index contributed by atoms with van der Waals surface area (Å²) in [6, 6.07) is 6.18. The number of rotatable bonds is 3. The average Bonchev–Trinajstić information content (AvgIpc) is 2.08. The minimum Gasteiger partial charge on any atom is -0.480 e. The van der Waals surface area contributed by atoms with Gasteiger partial charge in [-0.3, -0.25) is 4.79 Å². The normalized spacial score (nSPS) is 11.6. The highest BCUT2D eigenvalue weighted by molar-refractivity contribution is 6.31. The lowest BCUT2D eigenvalue weighted by Crippen LogP contribution is -2.32. The Bertz CT molecular complexity index is 317. The van der Waals surface area contributed by atoms with Gasteiger partial charge in [-0.05, 0) is 18.1 Å². The standard InChI is InChI=1S/C9H10ClNO2.ClH/c10-7-4-2-1-3-6(7)5-8(11)9(12)13;/h1-4,8H,5,11H2,(H,12,13);1H/t8-;/m1./s1. The van der Waals surface area contributed by atoms with Gasteiger partial charge < -0.3 is 10.8 Å². The van der Waals surface area contributed by atoms with Crippen LogP contribution in [0.2, 0.25) is 5.02 Å². The Morgan fingerprint density at radius 1 is 1.50 bits per heavy atom. The first-order chi connectivity index (χ1) is 6.11. The molecule has 0 amide bonds. The molecule has 1 rings (SSSR count). The molecule has 3 N–H and O–H groups in total. The number of hydrogen-bond donors (Lipinski definition) is 2. The Morgan fingerprint density at radius 2 is 2.07 bits per heavy atom. The molecule has 3 nitrogen and oxygen atoms in total. The first-order valence-electron chi connectivity index (χ1n) is 3.83. The van der Waals surface area contributed by atoms with Crippen molar-refractivity contribution in [1.82, 2.24) is 0 Å². The van der Waals surface area contributed by atoms with Crippen LogP contribution >= 0.6 is 24.0 Å². The van der Waals surface area contributed by atoms with E-state index in [0.29, 0.717) is 5.02 Å². The summed E-state index contributed by atoms with van der Waals surface area (Å²) in [5.41, 5.74) is 6.12. The van der Waals surface area contributed by atoms with Crippen LogP contribution in [-0.4, -0.2) is 17.1 Å². The van der Waals surface area contributed by atoms with E-state index < -0.39 is 12.0 Å². The molecule has 0 spiro atoms. The Labute approximate surface area is 93.3 Å². The molecular weight excluding hydrogens is 225 g/mol. The summed E-state index contributed by atoms with van der Waals surface area (Å²) in [5.74, 6) is -1.01. The Kier molecular flexibility index (Phi) is 5.53. The molecule has 0 heterocycles. The minimum atomic E-state index is -1.01. The molecule has 0 bridgehead atoms. The molecule has 0 aromatic heterocycles. The number of benzene rings is 1. The lowest BCUT2D eigenvalue weighted by Gasteiger charge is -2.07. The van der Waals surface area contributed by atoms with Gasteiger partial charge in [-0.2, -0.15) is 0 Å². The summed E-state index contributed by atoms with van der Waals surface area (Å²) < 4.78 is 0. The van der Waals surface area contributed by atoms with E-state index in [1.54, 1.807) is 24.3 Å². The smallest absolute Gasteiger partial charge is 0.320 e. The Morgan fingerprint density at radius 3 is 2.57 bits per heavy atom. The van der Waals surface area contributed by atoms with Gasteiger partial charge in [-0.15, -0.1) is 12.4 Å². The predicted molar refractivity (Wildman–Crippen MR) is 58.0 cm³/mol. The van der Waals surface area contributed by atoms with Gasteiger partial charge in [0.1, 0.15) is 6.04 Å². The minimum absolute atomic E-state index is 0. The fourth-order valence-corrected chi connectivity index (χ4v) is 1.20. The van der Waals surface area contributed by atoms with E-state index in [-0.39, 0.29) is 18.8 Å². The van der Waals surface area contributed by atoms with E-state index >= 15 is 0 Å². The fraction of sp³-hybridized carbons (Fsp3) is 0.222. The number of nitrogens with two attached hydrogens (primary N) is 1. The lowest BCUT2D eigenvalue weighted by molar-refractivity contribution is -0.138. The molecular formula is C9H11Cl2NO2. The van der Waals surface area contributed by atoms with Gasteiger partial charge in [0.05, 0.1) is 0 Å². The van der Waals surface area contributed by atoms with Gasteiger partial charge in [0.2, 0.25) is 0 Å². The van der Waals surface area contributed by atoms with Crippen LogP contribution in [0.4, 0.5) is 0 Å². The maximum Gasteiger partial charge on any atom is 0.320 e. The quantitative estimate of drug-likeness (QED) is 0.839. The summed E-state index contributed by atoms with van der Waals surface area (Å²) in [6.45, 7) is 0. The molecule has 0 aliphatic heterocycles. The second-order valence-electron chi connectivity index (χ2n) is 2.74. The first kappa shape index (κ1) is 13.2. The lowest BCUT2D eigenvalue weighted by atomic mass is 10.1. The third kappa shape index (κ3) is 3.54. The number of hydrogen-bond acceptors (Lipinski definition) is 2. The van der Waals surface area contributed by atoms with Crippen molar-refractivity contribution in [2.45, 2.75) is 12.5 Å². The predicted octanol–water partition coefficient (Wildman–Crippen LogP) is 1.72. The van der Waals surface area contributed by atoms with Crippen LogP contribution in [0, 0.1) is 0 Å². The van der Waals surface area contributed by atoms with Crippen molar-refractivity contribution in [3.05, 3.63) is 34.9 Å². The van der Waals surface area contributed by atoms with Crippen LogP contribution in [0.1, 0.15) is 5.56 Å². The van der Waals surface area contributed by atoms with Gasteiger partial charge in [-0.1, -0.05) is 29.8 Å². The molecule has 1 aromatic rings. The molecule has 0 aliphatic rings. The molecule has 0 unspecified atom stereocenters. The highest BCUT2D eigenvalue weighted by atomic mass is 35.5. The van der Waals surface area contributed by atoms with Crippen molar-refractivity contribution >= 4 is 30.0 Å². The Balaban J connectivity index is 0.00000169. The maximum atomic E-state index is 10.4. The van der Waals surface area contributed by atoms with Crippen LogP contribution in [0.25, 0.3) is 0 Å². The highest BCUT2D eigenvalue weighted by Crippen LogP contribution is 2.15. The van der Waals surface area contributed by atoms with Crippen LogP contribution in [0.15, 0.2) is 24.3 Å². The number of carbonyl (C=O) groups is 1. The molecule has 5 heteroatoms. The van der Waals surface area contributed by atoms with E-state index in [4.69, 9.17) is 22.4 Å². The second-order valence-corrected chi connectivity index (χ2v) is 3.15. The van der Waals surface area contributed by atoms with Gasteiger partial charge in [0.15, 0.2) is 0 Å². The molecule has 78 valence electrons. The van der Waals surface area contributed by atoms with Crippen LogP contribution < -0.4 is 5.73 Å². The fourth-order valence-electron chi connectivity index (χ4n) is 0.988. The zero-order valence-electron chi connectivity index (χ0n) is 7.31. The third-order valence-corrected chi connectivity index (χ3v) is 2.08. The molecule has 0 saturated carbocycles. The molecule has 1 aromatic carbocycles. The van der Waals surface area contributed by atoms with Crippen molar-refractivity contribution in [3.8, 4) is 0 Å². The van der Waals surface area contributed by atoms with Crippen molar-refractivity contribution < 1.29 is 9.90 Å². The van der Waals surface area contributed by atoms with Crippen molar-refractivity contribution in [2.75, 3.05) is 0 Å². The van der Waals surface area contributed by atoms with Gasteiger partial charge in [-0.25, -0.2) is 0 Å². The largest absolute Gasteiger partial charge is 0.480 e. The average molecular weight is 236 g/mol. The molecule has 0 saturated heterocycles. The SMILES string of the molecule is Cl.N[C@H](Cc1ccccc1Cl)C(=O)O. The van der Waals surface area contributed by atoms with Gasteiger partial charge in [0.25, 0.3) is 0 Å². The van der Waals surface area contributed by atoms with E-state index in [0.717, 1.165) is 5.56 Å². The van der Waals surface area contributed by atoms with Crippen LogP contribution in [0.3, 0.4) is 0 Å². The van der Waals surface area contributed by atoms with Crippen molar-refractivity contribution in [3.63, 3.8) is 0 Å². The molecule has 0 radical (unpaired) electrons. The van der Waals surface area contributed by atoms with E-state index in [1.165, 1.54) is 0 Å². The van der Waals surface area contributed by atoms with Crippen LogP contribution in [-0.2, 0) is 11.2 Å². The number of carboxylic acid groups (broad SMARTS) is 1. The summed E-state index contributed by atoms with van der Waals surface area (Å²) >= 11 is 5.82. The second kappa shape index (κ2) is 5.86. The molecule has 14 heavy (non-hydrogen) atoms. The summed E-state index contributed by atoms with van der Waals surface area (Å²) in [6.07, 6.45) is 0.259. The van der Waals surface area contributed by atoms with Crippen molar-refractivity contribution in [2.24, 2.45) is 5.73 Å². The van der Waals surface area contributed by atoms with Gasteiger partial charge in [0, 0.05) is 5.02 Å². The van der Waals surface area contributed by atoms with E-state index in [1.807, 2.05) is 0 Å². The van der Waals surface area contributed by atoms with Gasteiger partial charge >= 0.3 is 5.97 Å². The third-order valence-electron chi connectivity index (χ3n) is 1.71. The summed E-state index contributed by atoms with van der Waals surface area (Å²) in [5, 5.41) is 9.12. The monoisotopic (exact) mass is 235 g/mol. The molecule has 0 aliphatic carbocycles.